The molecular weight excluding hydrogens is 250 g/mol. The van der Waals surface area contributed by atoms with Gasteiger partial charge < -0.3 is 15.2 Å². The molecule has 2 aliphatic carbocycles. The van der Waals surface area contributed by atoms with Crippen molar-refractivity contribution in [1.29, 1.82) is 0 Å². The van der Waals surface area contributed by atoms with Crippen molar-refractivity contribution in [2.45, 2.75) is 55.6 Å². The highest BCUT2D eigenvalue weighted by Crippen LogP contribution is 2.56. The number of hydrogen-bond donors (Lipinski definition) is 2. The van der Waals surface area contributed by atoms with E-state index in [1.54, 1.807) is 7.11 Å². The standard InChI is InChI=1S/C17H23NO2/c1-20-13-5-4-12-10-15-17(19)7-3-2-6-16(17,8-9-18-15)14(12)11-13/h4-5,11,15,18-19H,2-3,6-10H2,1H3/t15-,16+,17?/m1/s1. The number of fused-ring (bicyclic) bond motifs is 1. The average molecular weight is 273 g/mol. The Hall–Kier alpha value is -1.06. The molecule has 1 aromatic rings. The van der Waals surface area contributed by atoms with Crippen LogP contribution in [-0.2, 0) is 11.8 Å². The van der Waals surface area contributed by atoms with Gasteiger partial charge in [-0.25, -0.2) is 0 Å². The van der Waals surface area contributed by atoms with Crippen molar-refractivity contribution < 1.29 is 9.84 Å². The second kappa shape index (κ2) is 4.22. The molecule has 1 saturated carbocycles. The first-order valence-electron chi connectivity index (χ1n) is 7.83. The highest BCUT2D eigenvalue weighted by Gasteiger charge is 2.61. The molecule has 1 aliphatic heterocycles. The van der Waals surface area contributed by atoms with E-state index >= 15 is 0 Å². The zero-order chi connectivity index (χ0) is 13.8. The lowest BCUT2D eigenvalue weighted by molar-refractivity contribution is -0.124. The van der Waals surface area contributed by atoms with E-state index in [1.807, 2.05) is 0 Å². The van der Waals surface area contributed by atoms with E-state index in [-0.39, 0.29) is 11.5 Å². The van der Waals surface area contributed by atoms with E-state index in [4.69, 9.17) is 4.74 Å². The lowest BCUT2D eigenvalue weighted by atomic mass is 9.50. The van der Waals surface area contributed by atoms with Gasteiger partial charge in [-0.1, -0.05) is 18.9 Å². The fraction of sp³-hybridized carbons (Fsp3) is 0.647. The first-order valence-corrected chi connectivity index (χ1v) is 7.83. The van der Waals surface area contributed by atoms with Gasteiger partial charge >= 0.3 is 0 Å². The minimum Gasteiger partial charge on any atom is -0.497 e. The smallest absolute Gasteiger partial charge is 0.119 e. The summed E-state index contributed by atoms with van der Waals surface area (Å²) in [6, 6.07) is 6.66. The van der Waals surface area contributed by atoms with Crippen LogP contribution < -0.4 is 10.1 Å². The molecule has 4 rings (SSSR count). The van der Waals surface area contributed by atoms with E-state index in [1.165, 1.54) is 17.5 Å². The molecule has 1 heterocycles. The summed E-state index contributed by atoms with van der Waals surface area (Å²) in [5.41, 5.74) is 2.14. The van der Waals surface area contributed by atoms with Gasteiger partial charge in [0.25, 0.3) is 0 Å². The van der Waals surface area contributed by atoms with Gasteiger partial charge in [0.1, 0.15) is 5.75 Å². The third-order valence-electron chi connectivity index (χ3n) is 6.02. The maximum Gasteiger partial charge on any atom is 0.119 e. The second-order valence-corrected chi connectivity index (χ2v) is 6.70. The van der Waals surface area contributed by atoms with Crippen molar-refractivity contribution in [2.24, 2.45) is 0 Å². The minimum absolute atomic E-state index is 0.0523. The van der Waals surface area contributed by atoms with Crippen LogP contribution in [0, 0.1) is 0 Å². The molecule has 2 N–H and O–H groups in total. The Morgan fingerprint density at radius 3 is 2.95 bits per heavy atom. The number of rotatable bonds is 1. The molecule has 108 valence electrons. The number of hydrogen-bond acceptors (Lipinski definition) is 3. The van der Waals surface area contributed by atoms with Gasteiger partial charge in [0, 0.05) is 11.5 Å². The summed E-state index contributed by atoms with van der Waals surface area (Å²) in [6.45, 7) is 1.02. The molecule has 0 radical (unpaired) electrons. The summed E-state index contributed by atoms with van der Waals surface area (Å²) in [4.78, 5) is 0. The fourth-order valence-corrected chi connectivity index (χ4v) is 5.02. The van der Waals surface area contributed by atoms with Crippen LogP contribution in [0.5, 0.6) is 5.75 Å². The van der Waals surface area contributed by atoms with Crippen molar-refractivity contribution in [1.82, 2.24) is 5.32 Å². The van der Waals surface area contributed by atoms with Crippen molar-refractivity contribution >= 4 is 0 Å². The van der Waals surface area contributed by atoms with E-state index < -0.39 is 5.60 Å². The predicted octanol–water partition coefficient (Wildman–Crippen LogP) is 2.16. The Balaban J connectivity index is 1.93. The van der Waals surface area contributed by atoms with Gasteiger partial charge in [0.15, 0.2) is 0 Å². The predicted molar refractivity (Wildman–Crippen MR) is 78.2 cm³/mol. The summed E-state index contributed by atoms with van der Waals surface area (Å²) in [5, 5.41) is 15.0. The van der Waals surface area contributed by atoms with E-state index in [0.29, 0.717) is 0 Å². The van der Waals surface area contributed by atoms with Crippen LogP contribution >= 0.6 is 0 Å². The number of methoxy groups -OCH3 is 1. The van der Waals surface area contributed by atoms with Gasteiger partial charge in [-0.05, 0) is 55.5 Å². The first-order chi connectivity index (χ1) is 9.69. The average Bonchev–Trinajstić information content (AvgIpc) is 2.46. The van der Waals surface area contributed by atoms with Gasteiger partial charge in [-0.3, -0.25) is 0 Å². The van der Waals surface area contributed by atoms with Crippen LogP contribution in [0.15, 0.2) is 18.2 Å². The van der Waals surface area contributed by atoms with Crippen LogP contribution in [0.25, 0.3) is 0 Å². The SMILES string of the molecule is COc1ccc2c(c1)[C@@]13CCCCC1(O)[C@@H](C2)NCC3. The van der Waals surface area contributed by atoms with Crippen LogP contribution in [-0.4, -0.2) is 30.4 Å². The topological polar surface area (TPSA) is 41.5 Å². The molecule has 0 spiro atoms. The van der Waals surface area contributed by atoms with Gasteiger partial charge in [-0.15, -0.1) is 0 Å². The largest absolute Gasteiger partial charge is 0.497 e. The first kappa shape index (κ1) is 12.7. The Morgan fingerprint density at radius 2 is 2.10 bits per heavy atom. The monoisotopic (exact) mass is 273 g/mol. The molecular formula is C17H23NO2. The number of aliphatic hydroxyl groups is 1. The Morgan fingerprint density at radius 1 is 1.25 bits per heavy atom. The molecule has 1 aromatic carbocycles. The number of piperidine rings is 1. The van der Waals surface area contributed by atoms with Gasteiger partial charge in [-0.2, -0.15) is 0 Å². The van der Waals surface area contributed by atoms with Gasteiger partial charge in [0.2, 0.25) is 0 Å². The van der Waals surface area contributed by atoms with Gasteiger partial charge in [0.05, 0.1) is 12.7 Å². The van der Waals surface area contributed by atoms with E-state index in [0.717, 1.165) is 44.4 Å². The number of ether oxygens (including phenoxy) is 1. The molecule has 2 fully saturated rings. The summed E-state index contributed by atoms with van der Waals surface area (Å²) >= 11 is 0. The molecule has 3 heteroatoms. The molecule has 20 heavy (non-hydrogen) atoms. The normalized spacial score (nSPS) is 38.8. The minimum atomic E-state index is -0.567. The maximum atomic E-state index is 11.5. The maximum absolute atomic E-state index is 11.5. The summed E-state index contributed by atoms with van der Waals surface area (Å²) in [5.74, 6) is 0.919. The molecule has 3 aliphatic rings. The van der Waals surface area contributed by atoms with E-state index in [2.05, 4.69) is 23.5 Å². The molecule has 2 bridgehead atoms. The molecule has 0 aromatic heterocycles. The highest BCUT2D eigenvalue weighted by molar-refractivity contribution is 5.48. The number of benzene rings is 1. The van der Waals surface area contributed by atoms with Crippen molar-refractivity contribution in [3.05, 3.63) is 29.3 Å². The molecule has 0 amide bonds. The molecule has 3 nitrogen and oxygen atoms in total. The zero-order valence-corrected chi connectivity index (χ0v) is 12.1. The lowest BCUT2D eigenvalue weighted by Gasteiger charge is -2.61. The van der Waals surface area contributed by atoms with Crippen LogP contribution in [0.4, 0.5) is 0 Å². The molecule has 1 saturated heterocycles. The highest BCUT2D eigenvalue weighted by atomic mass is 16.5. The van der Waals surface area contributed by atoms with E-state index in [9.17, 15) is 5.11 Å². The second-order valence-electron chi connectivity index (χ2n) is 6.70. The van der Waals surface area contributed by atoms with Crippen LogP contribution in [0.2, 0.25) is 0 Å². The number of nitrogens with one attached hydrogen (secondary N) is 1. The van der Waals surface area contributed by atoms with Crippen molar-refractivity contribution in [3.8, 4) is 5.75 Å². The molecule has 1 unspecified atom stereocenters. The van der Waals surface area contributed by atoms with Crippen molar-refractivity contribution in [2.75, 3.05) is 13.7 Å². The third kappa shape index (κ3) is 1.43. The van der Waals surface area contributed by atoms with Crippen LogP contribution in [0.1, 0.15) is 43.2 Å². The zero-order valence-electron chi connectivity index (χ0n) is 12.1. The molecule has 3 atom stereocenters. The Bertz CT molecular complexity index is 540. The Labute approximate surface area is 120 Å². The summed E-state index contributed by atoms with van der Waals surface area (Å²) in [7, 11) is 1.72. The summed E-state index contributed by atoms with van der Waals surface area (Å²) < 4.78 is 5.43. The van der Waals surface area contributed by atoms with Crippen molar-refractivity contribution in [3.63, 3.8) is 0 Å². The Kier molecular flexibility index (Phi) is 2.67. The summed E-state index contributed by atoms with van der Waals surface area (Å²) in [6.07, 6.45) is 6.41. The van der Waals surface area contributed by atoms with Crippen LogP contribution in [0.3, 0.4) is 0 Å². The third-order valence-corrected chi connectivity index (χ3v) is 6.02. The quantitative estimate of drug-likeness (QED) is 0.824. The fourth-order valence-electron chi connectivity index (χ4n) is 5.02. The lowest BCUT2D eigenvalue weighted by Crippen LogP contribution is -2.71.